The third-order valence-electron chi connectivity index (χ3n) is 3.76. The first-order valence-corrected chi connectivity index (χ1v) is 8.59. The summed E-state index contributed by atoms with van der Waals surface area (Å²) >= 11 is 0. The van der Waals surface area contributed by atoms with Crippen LogP contribution in [0.1, 0.15) is 45.7 Å². The minimum absolute atomic E-state index is 0.00477. The van der Waals surface area contributed by atoms with E-state index in [2.05, 4.69) is 5.32 Å². The van der Waals surface area contributed by atoms with Crippen molar-refractivity contribution in [1.82, 2.24) is 9.62 Å². The number of nitrogens with one attached hydrogen (secondary N) is 1. The van der Waals surface area contributed by atoms with E-state index >= 15 is 0 Å². The molecule has 0 saturated heterocycles. The highest BCUT2D eigenvalue weighted by Gasteiger charge is 2.24. The quantitative estimate of drug-likeness (QED) is 0.842. The Hall–Kier alpha value is -0.910. The van der Waals surface area contributed by atoms with Gasteiger partial charge in [-0.25, -0.2) is 8.42 Å². The van der Waals surface area contributed by atoms with Gasteiger partial charge in [0.25, 0.3) is 0 Å². The largest absolute Gasteiger partial charge is 0.310 e. The Morgan fingerprint density at radius 3 is 2.45 bits per heavy atom. The Kier molecular flexibility index (Phi) is 6.17. The molecule has 0 bridgehead atoms. The van der Waals surface area contributed by atoms with Crippen LogP contribution in [0.3, 0.4) is 0 Å². The molecule has 4 nitrogen and oxygen atoms in total. The Morgan fingerprint density at radius 1 is 1.25 bits per heavy atom. The summed E-state index contributed by atoms with van der Waals surface area (Å²) in [6, 6.07) is 7.33. The van der Waals surface area contributed by atoms with Crippen LogP contribution in [0.4, 0.5) is 0 Å². The van der Waals surface area contributed by atoms with Crippen LogP contribution >= 0.6 is 0 Å². The maximum atomic E-state index is 12.6. The van der Waals surface area contributed by atoms with Gasteiger partial charge >= 0.3 is 0 Å². The van der Waals surface area contributed by atoms with Crippen LogP contribution in [0.5, 0.6) is 0 Å². The molecular formula is C15H26N2O2S. The number of hydrogen-bond acceptors (Lipinski definition) is 3. The molecular weight excluding hydrogens is 272 g/mol. The SMILES string of the molecule is CCNC(C)c1cccc(S(=O)(=O)N(C)C(C)CC)c1. The minimum atomic E-state index is -3.42. The van der Waals surface area contributed by atoms with Gasteiger partial charge in [0.2, 0.25) is 10.0 Å². The fourth-order valence-electron chi connectivity index (χ4n) is 2.03. The van der Waals surface area contributed by atoms with E-state index in [9.17, 15) is 8.42 Å². The standard InChI is InChI=1S/C15H26N2O2S/c1-6-12(3)17(5)20(18,19)15-10-8-9-14(11-15)13(4)16-7-2/h8-13,16H,6-7H2,1-5H3. The van der Waals surface area contributed by atoms with Gasteiger partial charge in [-0.1, -0.05) is 26.0 Å². The highest BCUT2D eigenvalue weighted by Crippen LogP contribution is 2.21. The van der Waals surface area contributed by atoms with E-state index in [0.717, 1.165) is 18.5 Å². The zero-order valence-corrected chi connectivity index (χ0v) is 13.9. The monoisotopic (exact) mass is 298 g/mol. The summed E-state index contributed by atoms with van der Waals surface area (Å²) < 4.78 is 26.6. The van der Waals surface area contributed by atoms with Crippen molar-refractivity contribution < 1.29 is 8.42 Å². The van der Waals surface area contributed by atoms with Crippen LogP contribution < -0.4 is 5.32 Å². The predicted molar refractivity (Wildman–Crippen MR) is 83.2 cm³/mol. The summed E-state index contributed by atoms with van der Waals surface area (Å²) in [5, 5.41) is 3.30. The molecule has 0 heterocycles. The second-order valence-electron chi connectivity index (χ2n) is 5.13. The van der Waals surface area contributed by atoms with Crippen LogP contribution in [0.25, 0.3) is 0 Å². The molecule has 0 spiro atoms. The van der Waals surface area contributed by atoms with Crippen LogP contribution in [-0.4, -0.2) is 32.4 Å². The smallest absolute Gasteiger partial charge is 0.243 e. The lowest BCUT2D eigenvalue weighted by Gasteiger charge is -2.23. The molecule has 114 valence electrons. The molecule has 0 aliphatic rings. The van der Waals surface area contributed by atoms with Crippen molar-refractivity contribution in [3.8, 4) is 0 Å². The van der Waals surface area contributed by atoms with E-state index in [4.69, 9.17) is 0 Å². The first-order chi connectivity index (χ1) is 9.34. The Bertz CT molecular complexity index is 528. The van der Waals surface area contributed by atoms with Crippen LogP contribution in [0, 0.1) is 0 Å². The van der Waals surface area contributed by atoms with E-state index in [0.29, 0.717) is 4.90 Å². The van der Waals surface area contributed by atoms with Crippen LogP contribution in [-0.2, 0) is 10.0 Å². The molecule has 0 saturated carbocycles. The third-order valence-corrected chi connectivity index (χ3v) is 5.72. The topological polar surface area (TPSA) is 49.4 Å². The van der Waals surface area contributed by atoms with E-state index in [1.165, 1.54) is 4.31 Å². The molecule has 2 atom stereocenters. The summed E-state index contributed by atoms with van der Waals surface area (Å²) in [6.45, 7) is 8.83. The molecule has 5 heteroatoms. The molecule has 20 heavy (non-hydrogen) atoms. The average molecular weight is 298 g/mol. The summed E-state index contributed by atoms with van der Waals surface area (Å²) in [5.41, 5.74) is 0.991. The van der Waals surface area contributed by atoms with E-state index < -0.39 is 10.0 Å². The molecule has 0 aromatic heterocycles. The predicted octanol–water partition coefficient (Wildman–Crippen LogP) is 2.78. The van der Waals surface area contributed by atoms with Gasteiger partial charge in [-0.15, -0.1) is 0 Å². The highest BCUT2D eigenvalue weighted by atomic mass is 32.2. The van der Waals surface area contributed by atoms with E-state index in [1.54, 1.807) is 25.2 Å². The number of benzene rings is 1. The first-order valence-electron chi connectivity index (χ1n) is 7.15. The fraction of sp³-hybridized carbons (Fsp3) is 0.600. The highest BCUT2D eigenvalue weighted by molar-refractivity contribution is 7.89. The Balaban J connectivity index is 3.10. The zero-order chi connectivity index (χ0) is 15.3. The van der Waals surface area contributed by atoms with Crippen molar-refractivity contribution in [2.24, 2.45) is 0 Å². The van der Waals surface area contributed by atoms with Crippen molar-refractivity contribution in [2.75, 3.05) is 13.6 Å². The second-order valence-corrected chi connectivity index (χ2v) is 7.13. The average Bonchev–Trinajstić information content (AvgIpc) is 2.45. The lowest BCUT2D eigenvalue weighted by atomic mass is 10.1. The molecule has 0 radical (unpaired) electrons. The van der Waals surface area contributed by atoms with E-state index in [-0.39, 0.29) is 12.1 Å². The van der Waals surface area contributed by atoms with Crippen molar-refractivity contribution in [2.45, 2.75) is 51.1 Å². The molecule has 0 aliphatic heterocycles. The van der Waals surface area contributed by atoms with Crippen molar-refractivity contribution in [1.29, 1.82) is 0 Å². The van der Waals surface area contributed by atoms with Gasteiger partial charge in [-0.2, -0.15) is 4.31 Å². The van der Waals surface area contributed by atoms with Gasteiger partial charge in [0.05, 0.1) is 4.90 Å². The molecule has 1 N–H and O–H groups in total. The zero-order valence-electron chi connectivity index (χ0n) is 13.1. The summed E-state index contributed by atoms with van der Waals surface area (Å²) in [7, 11) is -1.77. The van der Waals surface area contributed by atoms with E-state index in [1.807, 2.05) is 33.8 Å². The minimum Gasteiger partial charge on any atom is -0.310 e. The number of hydrogen-bond donors (Lipinski definition) is 1. The molecule has 0 fully saturated rings. The van der Waals surface area contributed by atoms with Gasteiger partial charge < -0.3 is 5.32 Å². The molecule has 0 aliphatic carbocycles. The lowest BCUT2D eigenvalue weighted by Crippen LogP contribution is -2.34. The fourth-order valence-corrected chi connectivity index (χ4v) is 3.52. The molecule has 1 aromatic rings. The second kappa shape index (κ2) is 7.20. The van der Waals surface area contributed by atoms with Gasteiger partial charge in [-0.05, 0) is 44.5 Å². The number of rotatable bonds is 7. The van der Waals surface area contributed by atoms with Crippen molar-refractivity contribution >= 4 is 10.0 Å². The number of nitrogens with zero attached hydrogens (tertiary/aromatic N) is 1. The molecule has 2 unspecified atom stereocenters. The third kappa shape index (κ3) is 3.81. The Morgan fingerprint density at radius 2 is 1.90 bits per heavy atom. The molecule has 1 rings (SSSR count). The van der Waals surface area contributed by atoms with Gasteiger partial charge in [0.15, 0.2) is 0 Å². The van der Waals surface area contributed by atoms with Gasteiger partial charge in [0.1, 0.15) is 0 Å². The summed E-state index contributed by atoms with van der Waals surface area (Å²) in [5.74, 6) is 0. The summed E-state index contributed by atoms with van der Waals surface area (Å²) in [6.07, 6.45) is 0.795. The van der Waals surface area contributed by atoms with Crippen LogP contribution in [0.15, 0.2) is 29.2 Å². The van der Waals surface area contributed by atoms with Gasteiger partial charge in [0, 0.05) is 19.1 Å². The molecule has 1 aromatic carbocycles. The maximum absolute atomic E-state index is 12.6. The first kappa shape index (κ1) is 17.1. The van der Waals surface area contributed by atoms with Crippen LogP contribution in [0.2, 0.25) is 0 Å². The lowest BCUT2D eigenvalue weighted by molar-refractivity contribution is 0.380. The number of sulfonamides is 1. The normalized spacial score (nSPS) is 15.3. The van der Waals surface area contributed by atoms with Gasteiger partial charge in [-0.3, -0.25) is 0 Å². The Labute approximate surface area is 123 Å². The van der Waals surface area contributed by atoms with Crippen molar-refractivity contribution in [3.05, 3.63) is 29.8 Å². The maximum Gasteiger partial charge on any atom is 0.243 e. The molecule has 0 amide bonds. The summed E-state index contributed by atoms with van der Waals surface area (Å²) in [4.78, 5) is 0.363. The van der Waals surface area contributed by atoms with Crippen molar-refractivity contribution in [3.63, 3.8) is 0 Å².